The molecule has 0 heterocycles. The van der Waals surface area contributed by atoms with Gasteiger partial charge in [0, 0.05) is 25.1 Å². The predicted molar refractivity (Wildman–Crippen MR) is 104 cm³/mol. The zero-order valence-electron chi connectivity index (χ0n) is 16.3. The normalized spacial score (nSPS) is 10.3. The lowest BCUT2D eigenvalue weighted by Crippen LogP contribution is -2.34. The van der Waals surface area contributed by atoms with E-state index in [2.05, 4.69) is 10.6 Å². The number of hydrogen-bond donors (Lipinski definition) is 2. The average Bonchev–Trinajstić information content (AvgIpc) is 2.71. The number of amides is 2. The molecule has 0 saturated carbocycles. The van der Waals surface area contributed by atoms with Crippen molar-refractivity contribution in [2.45, 2.75) is 19.8 Å². The van der Waals surface area contributed by atoms with Crippen LogP contribution < -0.4 is 20.1 Å². The Balaban J connectivity index is 1.74. The zero-order chi connectivity index (χ0) is 20.5. The van der Waals surface area contributed by atoms with Crippen molar-refractivity contribution < 1.29 is 23.5 Å². The standard InChI is InChI=1S/C21H25FN2O4/c1-14-4-5-16(13-18(14)22)21(26)24-11-10-23-20(25)9-6-15-12-17(27-2)7-8-19(15)28-3/h4-5,7-8,12-13H,6,9-11H2,1-3H3,(H,23,25)(H,24,26). The first-order valence-electron chi connectivity index (χ1n) is 8.96. The van der Waals surface area contributed by atoms with Crippen molar-refractivity contribution in [3.63, 3.8) is 0 Å². The summed E-state index contributed by atoms with van der Waals surface area (Å²) >= 11 is 0. The highest BCUT2D eigenvalue weighted by atomic mass is 19.1. The predicted octanol–water partition coefficient (Wildman–Crippen LogP) is 2.63. The lowest BCUT2D eigenvalue weighted by Gasteiger charge is -2.11. The van der Waals surface area contributed by atoms with Crippen LogP contribution in [-0.2, 0) is 11.2 Å². The lowest BCUT2D eigenvalue weighted by molar-refractivity contribution is -0.121. The number of carbonyl (C=O) groups excluding carboxylic acids is 2. The van der Waals surface area contributed by atoms with E-state index in [1.165, 1.54) is 6.07 Å². The molecule has 28 heavy (non-hydrogen) atoms. The first kappa shape index (κ1) is 21.2. The molecule has 0 aromatic heterocycles. The maximum Gasteiger partial charge on any atom is 0.251 e. The second kappa shape index (κ2) is 10.3. The van der Waals surface area contributed by atoms with Crippen LogP contribution in [0.2, 0.25) is 0 Å². The summed E-state index contributed by atoms with van der Waals surface area (Å²) in [7, 11) is 3.16. The van der Waals surface area contributed by atoms with Gasteiger partial charge in [-0.05, 0) is 54.8 Å². The highest BCUT2D eigenvalue weighted by molar-refractivity contribution is 5.94. The van der Waals surface area contributed by atoms with Crippen LogP contribution in [0.3, 0.4) is 0 Å². The molecule has 0 aliphatic rings. The Bertz CT molecular complexity index is 839. The maximum atomic E-state index is 13.5. The van der Waals surface area contributed by atoms with Gasteiger partial charge in [0.05, 0.1) is 14.2 Å². The SMILES string of the molecule is COc1ccc(OC)c(CCC(=O)NCCNC(=O)c2ccc(C)c(F)c2)c1. The molecule has 2 amide bonds. The summed E-state index contributed by atoms with van der Waals surface area (Å²) in [6.07, 6.45) is 0.780. The molecule has 150 valence electrons. The van der Waals surface area contributed by atoms with Gasteiger partial charge in [-0.3, -0.25) is 9.59 Å². The number of carbonyl (C=O) groups is 2. The topological polar surface area (TPSA) is 76.7 Å². The van der Waals surface area contributed by atoms with Gasteiger partial charge in [-0.25, -0.2) is 4.39 Å². The summed E-state index contributed by atoms with van der Waals surface area (Å²) in [4.78, 5) is 24.0. The highest BCUT2D eigenvalue weighted by Gasteiger charge is 2.10. The van der Waals surface area contributed by atoms with Crippen LogP contribution in [0.4, 0.5) is 4.39 Å². The summed E-state index contributed by atoms with van der Waals surface area (Å²) in [5.74, 6) is 0.460. The van der Waals surface area contributed by atoms with Gasteiger partial charge in [-0.1, -0.05) is 6.07 Å². The van der Waals surface area contributed by atoms with E-state index in [1.54, 1.807) is 45.4 Å². The molecule has 0 spiro atoms. The second-order valence-corrected chi connectivity index (χ2v) is 6.25. The van der Waals surface area contributed by atoms with E-state index in [4.69, 9.17) is 9.47 Å². The number of benzene rings is 2. The molecule has 0 unspecified atom stereocenters. The molecule has 0 aliphatic heterocycles. The summed E-state index contributed by atoms with van der Waals surface area (Å²) < 4.78 is 24.0. The number of nitrogens with one attached hydrogen (secondary N) is 2. The van der Waals surface area contributed by atoms with Crippen LogP contribution in [-0.4, -0.2) is 39.1 Å². The first-order valence-corrected chi connectivity index (χ1v) is 8.96. The third-order valence-corrected chi connectivity index (χ3v) is 4.28. The number of hydrogen-bond acceptors (Lipinski definition) is 4. The number of ether oxygens (including phenoxy) is 2. The number of methoxy groups -OCH3 is 2. The molecule has 0 fully saturated rings. The number of aryl methyl sites for hydroxylation is 2. The Labute approximate surface area is 164 Å². The highest BCUT2D eigenvalue weighted by Crippen LogP contribution is 2.25. The zero-order valence-corrected chi connectivity index (χ0v) is 16.3. The number of halogens is 1. The van der Waals surface area contributed by atoms with Gasteiger partial charge in [-0.15, -0.1) is 0 Å². The quantitative estimate of drug-likeness (QED) is 0.648. The molecule has 7 heteroatoms. The Morgan fingerprint density at radius 2 is 1.75 bits per heavy atom. The Morgan fingerprint density at radius 3 is 2.43 bits per heavy atom. The Hall–Kier alpha value is -3.09. The molecule has 0 atom stereocenters. The molecular formula is C21H25FN2O4. The summed E-state index contributed by atoms with van der Waals surface area (Å²) in [6, 6.07) is 9.76. The van der Waals surface area contributed by atoms with Crippen LogP contribution in [0, 0.1) is 12.7 Å². The fourth-order valence-electron chi connectivity index (χ4n) is 2.63. The van der Waals surface area contributed by atoms with Crippen molar-refractivity contribution in [1.29, 1.82) is 0 Å². The molecular weight excluding hydrogens is 363 g/mol. The van der Waals surface area contributed by atoms with Gasteiger partial charge < -0.3 is 20.1 Å². The summed E-state index contributed by atoms with van der Waals surface area (Å²) in [6.45, 7) is 2.17. The van der Waals surface area contributed by atoms with Crippen LogP contribution in [0.25, 0.3) is 0 Å². The van der Waals surface area contributed by atoms with Gasteiger partial charge in [0.25, 0.3) is 5.91 Å². The van der Waals surface area contributed by atoms with Crippen LogP contribution in [0.5, 0.6) is 11.5 Å². The van der Waals surface area contributed by atoms with Gasteiger partial charge in [0.1, 0.15) is 17.3 Å². The van der Waals surface area contributed by atoms with E-state index in [1.807, 2.05) is 6.07 Å². The molecule has 0 aliphatic carbocycles. The fourth-order valence-corrected chi connectivity index (χ4v) is 2.63. The van der Waals surface area contributed by atoms with Gasteiger partial charge >= 0.3 is 0 Å². The van der Waals surface area contributed by atoms with Crippen molar-refractivity contribution >= 4 is 11.8 Å². The van der Waals surface area contributed by atoms with E-state index in [0.717, 1.165) is 5.56 Å². The summed E-state index contributed by atoms with van der Waals surface area (Å²) in [5.41, 5.74) is 1.61. The maximum absolute atomic E-state index is 13.5. The van der Waals surface area contributed by atoms with Crippen LogP contribution >= 0.6 is 0 Å². The molecule has 0 saturated heterocycles. The molecule has 2 rings (SSSR count). The fraction of sp³-hybridized carbons (Fsp3) is 0.333. The van der Waals surface area contributed by atoms with E-state index in [0.29, 0.717) is 23.5 Å². The monoisotopic (exact) mass is 388 g/mol. The van der Waals surface area contributed by atoms with Crippen molar-refractivity contribution in [2.24, 2.45) is 0 Å². The van der Waals surface area contributed by atoms with E-state index in [9.17, 15) is 14.0 Å². The largest absolute Gasteiger partial charge is 0.497 e. The third kappa shape index (κ3) is 5.97. The minimum absolute atomic E-state index is 0.138. The van der Waals surface area contributed by atoms with Gasteiger partial charge in [-0.2, -0.15) is 0 Å². The van der Waals surface area contributed by atoms with Crippen molar-refractivity contribution in [3.05, 3.63) is 58.9 Å². The van der Waals surface area contributed by atoms with Crippen molar-refractivity contribution in [1.82, 2.24) is 10.6 Å². The van der Waals surface area contributed by atoms with E-state index in [-0.39, 0.29) is 36.9 Å². The van der Waals surface area contributed by atoms with Crippen molar-refractivity contribution in [3.8, 4) is 11.5 Å². The number of rotatable bonds is 9. The second-order valence-electron chi connectivity index (χ2n) is 6.25. The van der Waals surface area contributed by atoms with Gasteiger partial charge in [0.2, 0.25) is 5.91 Å². The molecule has 0 bridgehead atoms. The van der Waals surface area contributed by atoms with Crippen LogP contribution in [0.1, 0.15) is 27.9 Å². The molecule has 2 N–H and O–H groups in total. The lowest BCUT2D eigenvalue weighted by atomic mass is 10.1. The van der Waals surface area contributed by atoms with E-state index < -0.39 is 5.82 Å². The van der Waals surface area contributed by atoms with Crippen LogP contribution in [0.15, 0.2) is 36.4 Å². The summed E-state index contributed by atoms with van der Waals surface area (Å²) in [5, 5.41) is 5.40. The first-order chi connectivity index (χ1) is 13.4. The molecule has 6 nitrogen and oxygen atoms in total. The smallest absolute Gasteiger partial charge is 0.251 e. The van der Waals surface area contributed by atoms with Crippen molar-refractivity contribution in [2.75, 3.05) is 27.3 Å². The Kier molecular flexibility index (Phi) is 7.80. The third-order valence-electron chi connectivity index (χ3n) is 4.28. The van der Waals surface area contributed by atoms with Gasteiger partial charge in [0.15, 0.2) is 0 Å². The minimum atomic E-state index is -0.422. The molecule has 2 aromatic rings. The Morgan fingerprint density at radius 1 is 1.00 bits per heavy atom. The average molecular weight is 388 g/mol. The molecule has 0 radical (unpaired) electrons. The van der Waals surface area contributed by atoms with E-state index >= 15 is 0 Å². The minimum Gasteiger partial charge on any atom is -0.497 e. The molecule has 2 aromatic carbocycles.